The van der Waals surface area contributed by atoms with Gasteiger partial charge in [-0.3, -0.25) is 0 Å². The van der Waals surface area contributed by atoms with Crippen LogP contribution in [0.4, 0.5) is 17.1 Å². The third kappa shape index (κ3) is 4.86. The van der Waals surface area contributed by atoms with Crippen molar-refractivity contribution in [2.75, 3.05) is 16.8 Å². The molecular weight excluding hydrogens is 700 g/mol. The third-order valence-corrected chi connectivity index (χ3v) is 7.66. The predicted octanol–water partition coefficient (Wildman–Crippen LogP) is 8.88. The van der Waals surface area contributed by atoms with E-state index in [0.29, 0.717) is 11.5 Å². The van der Waals surface area contributed by atoms with Crippen LogP contribution in [0.1, 0.15) is 31.9 Å². The summed E-state index contributed by atoms with van der Waals surface area (Å²) in [5, 5.41) is 2.27. The van der Waals surface area contributed by atoms with E-state index in [1.165, 1.54) is 16.8 Å². The Morgan fingerprint density at radius 1 is 0.786 bits per heavy atom. The van der Waals surface area contributed by atoms with Crippen molar-refractivity contribution in [3.63, 3.8) is 0 Å². The molecule has 42 heavy (non-hydrogen) atoms. The Morgan fingerprint density at radius 2 is 1.57 bits per heavy atom. The Balaban J connectivity index is 0.00000316. The monoisotopic (exact) mass is 730 g/mol. The Labute approximate surface area is 261 Å². The van der Waals surface area contributed by atoms with Crippen LogP contribution in [0.25, 0.3) is 27.6 Å². The first-order chi connectivity index (χ1) is 19.8. The van der Waals surface area contributed by atoms with Gasteiger partial charge < -0.3 is 19.1 Å². The summed E-state index contributed by atoms with van der Waals surface area (Å²) in [5.74, 6) is 1.27. The third-order valence-electron chi connectivity index (χ3n) is 7.66. The van der Waals surface area contributed by atoms with Crippen molar-refractivity contribution < 1.29 is 25.8 Å². The van der Waals surface area contributed by atoms with Gasteiger partial charge in [0, 0.05) is 60.9 Å². The number of pyridine rings is 1. The van der Waals surface area contributed by atoms with Gasteiger partial charge in [0.15, 0.2) is 0 Å². The quantitative estimate of drug-likeness (QED) is 0.170. The van der Waals surface area contributed by atoms with Crippen LogP contribution in [-0.4, -0.2) is 16.6 Å². The van der Waals surface area contributed by atoms with Crippen LogP contribution in [0.2, 0.25) is 0 Å². The molecule has 6 aromatic rings. The second-order valence-corrected chi connectivity index (χ2v) is 11.7. The van der Waals surface area contributed by atoms with Crippen molar-refractivity contribution >= 4 is 39.0 Å². The average Bonchev–Trinajstić information content (AvgIpc) is 3.47. The van der Waals surface area contributed by atoms with Gasteiger partial charge >= 0.3 is 0 Å². The van der Waals surface area contributed by atoms with Gasteiger partial charge in [-0.25, -0.2) is 4.98 Å². The number of fused-ring (bicyclic) bond motifs is 4. The first-order valence-electron chi connectivity index (χ1n) is 13.9. The predicted molar refractivity (Wildman–Crippen MR) is 167 cm³/mol. The van der Waals surface area contributed by atoms with Gasteiger partial charge in [0.1, 0.15) is 5.65 Å². The van der Waals surface area contributed by atoms with Crippen molar-refractivity contribution in [1.82, 2.24) is 9.55 Å². The number of nitrogens with zero attached hydrogens (tertiary/aromatic N) is 4. The summed E-state index contributed by atoms with van der Waals surface area (Å²) in [4.78, 5) is 9.05. The molecule has 0 unspecified atom stereocenters. The van der Waals surface area contributed by atoms with Crippen LogP contribution in [0.3, 0.4) is 0 Å². The van der Waals surface area contributed by atoms with Crippen molar-refractivity contribution in [3.8, 4) is 17.2 Å². The number of hydrogen-bond donors (Lipinski definition) is 0. The van der Waals surface area contributed by atoms with E-state index in [-0.39, 0.29) is 26.5 Å². The summed E-state index contributed by atoms with van der Waals surface area (Å²) in [5.41, 5.74) is 8.40. The van der Waals surface area contributed by atoms with Crippen molar-refractivity contribution in [3.05, 3.63) is 121 Å². The van der Waals surface area contributed by atoms with Crippen molar-refractivity contribution in [1.29, 1.82) is 0 Å². The molecule has 3 heterocycles. The summed E-state index contributed by atoms with van der Waals surface area (Å²) >= 11 is 0. The van der Waals surface area contributed by atoms with Crippen molar-refractivity contribution in [2.45, 2.75) is 33.1 Å². The minimum absolute atomic E-state index is 0. The number of hydrogen-bond acceptors (Lipinski definition) is 4. The summed E-state index contributed by atoms with van der Waals surface area (Å²) in [6, 6.07) is 36.3. The standard InChI is InChI=1S/C36H31N4O.Pt/c1-24-15-16-33-34(18-24)38(5)23-39(33)27-19-25(36(2,3)4)20-29(22-27)41-28-11-8-10-26(21-28)40-32-14-7-6-12-30(32)31-13-9-17-37-35(31)40;/h6-20,23H,1-5H3;/q-3;. The minimum Gasteiger partial charge on any atom is -0.509 e. The first kappa shape index (κ1) is 28.1. The van der Waals surface area contributed by atoms with Crippen molar-refractivity contribution in [2.24, 2.45) is 0 Å². The maximum absolute atomic E-state index is 6.51. The molecular formula is C36H31N4OPt-3. The molecule has 0 aliphatic carbocycles. The smallest absolute Gasteiger partial charge is 0.143 e. The van der Waals surface area contributed by atoms with Crippen LogP contribution in [0.5, 0.6) is 11.5 Å². The largest absolute Gasteiger partial charge is 0.509 e. The maximum Gasteiger partial charge on any atom is 0.143 e. The molecule has 1 aliphatic heterocycles. The number of ether oxygens (including phenoxy) is 1. The molecule has 5 nitrogen and oxygen atoms in total. The molecule has 4 aromatic carbocycles. The Morgan fingerprint density at radius 3 is 2.40 bits per heavy atom. The summed E-state index contributed by atoms with van der Waals surface area (Å²) in [6.07, 6.45) is 1.83. The molecule has 7 rings (SSSR count). The van der Waals surface area contributed by atoms with Gasteiger partial charge in [0.2, 0.25) is 0 Å². The Bertz CT molecular complexity index is 1880. The van der Waals surface area contributed by atoms with Gasteiger partial charge in [-0.05, 0) is 55.3 Å². The SMILES string of the molecule is Cc1ccc2c(c1)N(C)[CH-]N2c1[c-]c(Oc2[c-]c(-n3c4ccccc4c4cccnc43)ccc2)cc(C(C)(C)C)c1.[Pt]. The van der Waals surface area contributed by atoms with E-state index < -0.39 is 0 Å². The topological polar surface area (TPSA) is 33.5 Å². The van der Waals surface area contributed by atoms with Crippen LogP contribution >= 0.6 is 0 Å². The van der Waals surface area contributed by atoms with Gasteiger partial charge in [-0.1, -0.05) is 50.7 Å². The number of benzene rings is 4. The molecule has 0 amide bonds. The van der Waals surface area contributed by atoms with Gasteiger partial charge in [0.25, 0.3) is 0 Å². The maximum atomic E-state index is 6.51. The Hall–Kier alpha value is -4.08. The van der Waals surface area contributed by atoms with Gasteiger partial charge in [-0.2, -0.15) is 12.7 Å². The van der Waals surface area contributed by atoms with E-state index in [9.17, 15) is 0 Å². The van der Waals surface area contributed by atoms with Gasteiger partial charge in [0.05, 0.1) is 5.52 Å². The molecule has 1 aliphatic rings. The summed E-state index contributed by atoms with van der Waals surface area (Å²) in [7, 11) is 2.08. The molecule has 0 atom stereocenters. The van der Waals surface area contributed by atoms with Crippen LogP contribution < -0.4 is 14.5 Å². The zero-order chi connectivity index (χ0) is 28.3. The molecule has 0 bridgehead atoms. The molecule has 214 valence electrons. The number of para-hydroxylation sites is 1. The molecule has 0 spiro atoms. The van der Waals surface area contributed by atoms with E-state index >= 15 is 0 Å². The first-order valence-corrected chi connectivity index (χ1v) is 13.9. The van der Waals surface area contributed by atoms with Crippen LogP contribution in [0.15, 0.2) is 91.1 Å². The van der Waals surface area contributed by atoms with E-state index in [1.807, 2.05) is 30.5 Å². The van der Waals surface area contributed by atoms with E-state index in [2.05, 4.69) is 129 Å². The molecule has 0 radical (unpaired) electrons. The normalized spacial score (nSPS) is 13.0. The fourth-order valence-corrected chi connectivity index (χ4v) is 5.54. The van der Waals surface area contributed by atoms with Crippen LogP contribution in [-0.2, 0) is 26.5 Å². The van der Waals surface area contributed by atoms with E-state index in [1.54, 1.807) is 0 Å². The van der Waals surface area contributed by atoms with E-state index in [0.717, 1.165) is 39.0 Å². The van der Waals surface area contributed by atoms with E-state index in [4.69, 9.17) is 9.72 Å². The molecule has 0 fully saturated rings. The second kappa shape index (κ2) is 10.6. The fraction of sp³-hybridized carbons (Fsp3) is 0.167. The summed E-state index contributed by atoms with van der Waals surface area (Å²) in [6.45, 7) is 10.9. The van der Waals surface area contributed by atoms with Crippen LogP contribution in [0, 0.1) is 25.7 Å². The number of aromatic nitrogens is 2. The molecule has 6 heteroatoms. The number of aryl methyl sites for hydroxylation is 1. The average molecular weight is 731 g/mol. The molecule has 2 aromatic heterocycles. The molecule has 0 saturated heterocycles. The zero-order valence-corrected chi connectivity index (χ0v) is 26.5. The fourth-order valence-electron chi connectivity index (χ4n) is 5.54. The number of rotatable bonds is 4. The molecule has 0 N–H and O–H groups in total. The summed E-state index contributed by atoms with van der Waals surface area (Å²) < 4.78 is 8.66. The number of anilines is 3. The second-order valence-electron chi connectivity index (χ2n) is 11.7. The minimum atomic E-state index is -0.0795. The van der Waals surface area contributed by atoms with Gasteiger partial charge in [-0.15, -0.1) is 47.6 Å². The molecule has 0 saturated carbocycles. The zero-order valence-electron chi connectivity index (χ0n) is 24.3. The Kier molecular flexibility index (Phi) is 7.11.